The van der Waals surface area contributed by atoms with Gasteiger partial charge >= 0.3 is 0 Å². The van der Waals surface area contributed by atoms with Crippen LogP contribution in [0.3, 0.4) is 0 Å². The summed E-state index contributed by atoms with van der Waals surface area (Å²) >= 11 is 0. The Hall–Kier alpha value is -1.52. The summed E-state index contributed by atoms with van der Waals surface area (Å²) in [6.07, 6.45) is 3.28. The molecule has 0 aliphatic carbocycles. The van der Waals surface area contributed by atoms with Crippen LogP contribution in [-0.4, -0.2) is 33.9 Å². The lowest BCUT2D eigenvalue weighted by Gasteiger charge is -2.31. The molecule has 0 amide bonds. The van der Waals surface area contributed by atoms with E-state index >= 15 is 0 Å². The lowest BCUT2D eigenvalue weighted by molar-refractivity contribution is 0.222. The van der Waals surface area contributed by atoms with Gasteiger partial charge in [0.15, 0.2) is 0 Å². The highest BCUT2D eigenvalue weighted by Gasteiger charge is 2.19. The molecule has 20 heavy (non-hydrogen) atoms. The van der Waals surface area contributed by atoms with Crippen LogP contribution in [0.1, 0.15) is 24.9 Å². The molecule has 4 nitrogen and oxygen atoms in total. The Bertz CT molecular complexity index is 483. The van der Waals surface area contributed by atoms with Crippen molar-refractivity contribution in [2.24, 2.45) is 5.73 Å². The molecular weight excluding hydrogens is 252 g/mol. The lowest BCUT2D eigenvalue weighted by atomic mass is 10.0. The predicted molar refractivity (Wildman–Crippen MR) is 82.4 cm³/mol. The molecule has 1 aromatic carbocycles. The summed E-state index contributed by atoms with van der Waals surface area (Å²) in [5.74, 6) is 0.865. The Morgan fingerprint density at radius 2 is 2.15 bits per heavy atom. The highest BCUT2D eigenvalue weighted by molar-refractivity contribution is 5.61. The van der Waals surface area contributed by atoms with E-state index in [0.717, 1.165) is 37.4 Å². The molecule has 0 saturated heterocycles. The van der Waals surface area contributed by atoms with Crippen LogP contribution in [0.5, 0.6) is 5.75 Å². The van der Waals surface area contributed by atoms with Crippen molar-refractivity contribution in [1.29, 1.82) is 0 Å². The molecule has 0 fully saturated rings. The van der Waals surface area contributed by atoms with Gasteiger partial charge in [0, 0.05) is 37.5 Å². The third kappa shape index (κ3) is 3.14. The molecule has 1 aromatic rings. The maximum Gasteiger partial charge on any atom is 0.125 e. The predicted octanol–water partition coefficient (Wildman–Crippen LogP) is 2.50. The molecule has 0 radical (unpaired) electrons. The number of hydrogen-bond donors (Lipinski definition) is 1. The molecule has 1 heterocycles. The Morgan fingerprint density at radius 3 is 2.70 bits per heavy atom. The van der Waals surface area contributed by atoms with Gasteiger partial charge in [0.05, 0.1) is 13.7 Å². The average Bonchev–Trinajstić information content (AvgIpc) is 2.47. The monoisotopic (exact) mass is 276 g/mol. The summed E-state index contributed by atoms with van der Waals surface area (Å²) in [6, 6.07) is 6.06. The molecule has 0 bridgehead atoms. The molecule has 110 valence electrons. The summed E-state index contributed by atoms with van der Waals surface area (Å²) in [5.41, 5.74) is 9.76. The normalized spacial score (nSPS) is 16.8. The van der Waals surface area contributed by atoms with E-state index < -0.39 is 0 Å². The maximum atomic E-state index is 6.13. The molecule has 0 unspecified atom stereocenters. The van der Waals surface area contributed by atoms with Crippen LogP contribution in [0.15, 0.2) is 29.8 Å². The van der Waals surface area contributed by atoms with Crippen molar-refractivity contribution >= 4 is 5.69 Å². The molecule has 1 aliphatic rings. The molecule has 2 N–H and O–H groups in total. The van der Waals surface area contributed by atoms with Gasteiger partial charge in [0.2, 0.25) is 0 Å². The lowest BCUT2D eigenvalue weighted by Crippen LogP contribution is -2.31. The summed E-state index contributed by atoms with van der Waals surface area (Å²) < 4.78 is 10.6. The fraction of sp³-hybridized carbons (Fsp3) is 0.500. The number of rotatable bonds is 5. The third-order valence-corrected chi connectivity index (χ3v) is 3.69. The number of methoxy groups -OCH3 is 2. The second kappa shape index (κ2) is 6.77. The second-order valence-electron chi connectivity index (χ2n) is 5.17. The quantitative estimate of drug-likeness (QED) is 0.839. The molecular formula is C16H24N2O2. The Balaban J connectivity index is 2.26. The zero-order valence-corrected chi connectivity index (χ0v) is 12.6. The van der Waals surface area contributed by atoms with Gasteiger partial charge < -0.3 is 20.1 Å². The van der Waals surface area contributed by atoms with Crippen LogP contribution in [0.25, 0.3) is 0 Å². The minimum Gasteiger partial charge on any atom is -0.496 e. The van der Waals surface area contributed by atoms with Crippen LogP contribution < -0.4 is 15.4 Å². The summed E-state index contributed by atoms with van der Waals surface area (Å²) in [5, 5.41) is 0. The Kier molecular flexibility index (Phi) is 5.04. The van der Waals surface area contributed by atoms with Crippen LogP contribution in [0.4, 0.5) is 5.69 Å². The van der Waals surface area contributed by atoms with Gasteiger partial charge in [-0.2, -0.15) is 0 Å². The van der Waals surface area contributed by atoms with Crippen molar-refractivity contribution in [2.45, 2.75) is 19.4 Å². The zero-order chi connectivity index (χ0) is 14.5. The molecule has 0 aromatic heterocycles. The first-order valence-electron chi connectivity index (χ1n) is 7.01. The average molecular weight is 276 g/mol. The SMILES string of the molecule is COCC1=CCN(c2cccc(OC)c2[C@@H](C)N)CC1. The highest BCUT2D eigenvalue weighted by atomic mass is 16.5. The van der Waals surface area contributed by atoms with Crippen molar-refractivity contribution < 1.29 is 9.47 Å². The smallest absolute Gasteiger partial charge is 0.125 e. The highest BCUT2D eigenvalue weighted by Crippen LogP contribution is 2.34. The van der Waals surface area contributed by atoms with E-state index in [0.29, 0.717) is 0 Å². The van der Waals surface area contributed by atoms with Crippen LogP contribution >= 0.6 is 0 Å². The molecule has 0 spiro atoms. The number of anilines is 1. The largest absolute Gasteiger partial charge is 0.496 e. The van der Waals surface area contributed by atoms with Crippen molar-refractivity contribution in [1.82, 2.24) is 0 Å². The Labute approximate surface area is 121 Å². The van der Waals surface area contributed by atoms with E-state index in [9.17, 15) is 0 Å². The van der Waals surface area contributed by atoms with E-state index in [2.05, 4.69) is 17.0 Å². The van der Waals surface area contributed by atoms with E-state index in [1.807, 2.05) is 19.1 Å². The first-order chi connectivity index (χ1) is 9.67. The first-order valence-corrected chi connectivity index (χ1v) is 7.01. The third-order valence-electron chi connectivity index (χ3n) is 3.69. The molecule has 2 rings (SSSR count). The minimum atomic E-state index is -0.0505. The van der Waals surface area contributed by atoms with Gasteiger partial charge in [-0.15, -0.1) is 0 Å². The van der Waals surface area contributed by atoms with Crippen molar-refractivity contribution in [2.75, 3.05) is 38.8 Å². The van der Waals surface area contributed by atoms with Gasteiger partial charge in [-0.1, -0.05) is 12.1 Å². The fourth-order valence-electron chi connectivity index (χ4n) is 2.69. The number of benzene rings is 1. The molecule has 0 saturated carbocycles. The maximum absolute atomic E-state index is 6.13. The van der Waals surface area contributed by atoms with E-state index in [4.69, 9.17) is 15.2 Å². The molecule has 1 aliphatic heterocycles. The number of ether oxygens (including phenoxy) is 2. The minimum absolute atomic E-state index is 0.0505. The van der Waals surface area contributed by atoms with Crippen molar-refractivity contribution in [3.8, 4) is 5.75 Å². The van der Waals surface area contributed by atoms with Gasteiger partial charge in [-0.25, -0.2) is 0 Å². The van der Waals surface area contributed by atoms with Crippen LogP contribution in [0, 0.1) is 0 Å². The van der Waals surface area contributed by atoms with Crippen molar-refractivity contribution in [3.63, 3.8) is 0 Å². The van der Waals surface area contributed by atoms with Gasteiger partial charge in [0.25, 0.3) is 0 Å². The van der Waals surface area contributed by atoms with Crippen LogP contribution in [-0.2, 0) is 4.74 Å². The van der Waals surface area contributed by atoms with Crippen molar-refractivity contribution in [3.05, 3.63) is 35.4 Å². The van der Waals surface area contributed by atoms with E-state index in [-0.39, 0.29) is 6.04 Å². The van der Waals surface area contributed by atoms with E-state index in [1.165, 1.54) is 11.3 Å². The van der Waals surface area contributed by atoms with E-state index in [1.54, 1.807) is 14.2 Å². The van der Waals surface area contributed by atoms with Gasteiger partial charge in [0.1, 0.15) is 5.75 Å². The van der Waals surface area contributed by atoms with Crippen LogP contribution in [0.2, 0.25) is 0 Å². The zero-order valence-electron chi connectivity index (χ0n) is 12.6. The van der Waals surface area contributed by atoms with Gasteiger partial charge in [-0.05, 0) is 31.1 Å². The summed E-state index contributed by atoms with van der Waals surface area (Å²) in [4.78, 5) is 2.35. The second-order valence-corrected chi connectivity index (χ2v) is 5.17. The van der Waals surface area contributed by atoms with Gasteiger partial charge in [-0.3, -0.25) is 0 Å². The first kappa shape index (κ1) is 14.9. The Morgan fingerprint density at radius 1 is 1.35 bits per heavy atom. The fourth-order valence-corrected chi connectivity index (χ4v) is 2.69. The molecule has 1 atom stereocenters. The number of nitrogens with zero attached hydrogens (tertiary/aromatic N) is 1. The number of hydrogen-bond acceptors (Lipinski definition) is 4. The molecule has 4 heteroatoms. The standard InChI is InChI=1S/C16H24N2O2/c1-12(17)16-14(5-4-6-15(16)20-3)18-9-7-13(8-10-18)11-19-2/h4-7,12H,8-11,17H2,1-3H3/t12-/m1/s1. The summed E-state index contributed by atoms with van der Waals surface area (Å²) in [6.45, 7) is 4.61. The number of nitrogens with two attached hydrogens (primary N) is 1. The topological polar surface area (TPSA) is 47.7 Å². The summed E-state index contributed by atoms with van der Waals surface area (Å²) in [7, 11) is 3.43.